The molecule has 0 N–H and O–H groups in total. The van der Waals surface area contributed by atoms with Gasteiger partial charge in [-0.3, -0.25) is 9.88 Å². The molecule has 0 unspecified atom stereocenters. The lowest BCUT2D eigenvalue weighted by Crippen LogP contribution is -2.48. The van der Waals surface area contributed by atoms with E-state index in [1.807, 2.05) is 30.3 Å². The maximum Gasteiger partial charge on any atom is 0.214 e. The number of pyridine rings is 1. The van der Waals surface area contributed by atoms with Gasteiger partial charge in [0.1, 0.15) is 12.4 Å². The van der Waals surface area contributed by atoms with E-state index < -0.39 is 10.0 Å². The summed E-state index contributed by atoms with van der Waals surface area (Å²) in [5.74, 6) is 1.10. The molecular weight excluding hydrogens is 386 g/mol. The highest BCUT2D eigenvalue weighted by molar-refractivity contribution is 7.89. The molecule has 0 bridgehead atoms. The van der Waals surface area contributed by atoms with Crippen molar-refractivity contribution in [2.75, 3.05) is 31.9 Å². The summed E-state index contributed by atoms with van der Waals surface area (Å²) in [7, 11) is -3.10. The molecule has 0 spiro atoms. The minimum Gasteiger partial charge on any atom is -0.487 e. The largest absolute Gasteiger partial charge is 0.487 e. The van der Waals surface area contributed by atoms with Crippen LogP contribution in [0.25, 0.3) is 0 Å². The van der Waals surface area contributed by atoms with Gasteiger partial charge in [0.05, 0.1) is 11.4 Å². The Bertz CT molecular complexity index is 833. The number of unbranched alkanes of at least 4 members (excludes halogenated alkanes) is 2. The van der Waals surface area contributed by atoms with Crippen molar-refractivity contribution in [3.05, 3.63) is 59.9 Å². The Morgan fingerprint density at radius 3 is 2.41 bits per heavy atom. The predicted molar refractivity (Wildman–Crippen MR) is 115 cm³/mol. The number of ether oxygens (including phenoxy) is 1. The monoisotopic (exact) mass is 417 g/mol. The van der Waals surface area contributed by atoms with Crippen LogP contribution in [-0.4, -0.2) is 54.5 Å². The Labute approximate surface area is 174 Å². The van der Waals surface area contributed by atoms with Gasteiger partial charge in [-0.1, -0.05) is 38.0 Å². The molecule has 1 aromatic carbocycles. The second kappa shape index (κ2) is 10.7. The summed E-state index contributed by atoms with van der Waals surface area (Å²) in [6.45, 7) is 6.07. The van der Waals surface area contributed by atoms with Gasteiger partial charge in [0.15, 0.2) is 0 Å². The molecule has 29 heavy (non-hydrogen) atoms. The summed E-state index contributed by atoms with van der Waals surface area (Å²) in [5.41, 5.74) is 2.11. The fourth-order valence-corrected chi connectivity index (χ4v) is 4.97. The number of hydrogen-bond donors (Lipinski definition) is 0. The third kappa shape index (κ3) is 6.80. The first-order chi connectivity index (χ1) is 14.1. The first kappa shape index (κ1) is 21.7. The van der Waals surface area contributed by atoms with Gasteiger partial charge in [-0.05, 0) is 36.2 Å². The van der Waals surface area contributed by atoms with Crippen LogP contribution in [0.4, 0.5) is 0 Å². The average Bonchev–Trinajstić information content (AvgIpc) is 2.74. The molecule has 0 radical (unpaired) electrons. The first-order valence-corrected chi connectivity index (χ1v) is 12.0. The van der Waals surface area contributed by atoms with Gasteiger partial charge in [0.2, 0.25) is 10.0 Å². The smallest absolute Gasteiger partial charge is 0.214 e. The number of nitrogens with zero attached hydrogens (tertiary/aromatic N) is 3. The van der Waals surface area contributed by atoms with E-state index in [0.29, 0.717) is 19.7 Å². The van der Waals surface area contributed by atoms with Gasteiger partial charge in [-0.2, -0.15) is 4.31 Å². The van der Waals surface area contributed by atoms with Crippen LogP contribution in [0.15, 0.2) is 48.7 Å². The highest BCUT2D eigenvalue weighted by Crippen LogP contribution is 2.17. The maximum absolute atomic E-state index is 12.4. The minimum absolute atomic E-state index is 0.279. The molecule has 0 atom stereocenters. The van der Waals surface area contributed by atoms with Crippen molar-refractivity contribution in [1.29, 1.82) is 0 Å². The van der Waals surface area contributed by atoms with E-state index in [4.69, 9.17) is 4.74 Å². The third-order valence-corrected chi connectivity index (χ3v) is 7.13. The molecule has 0 saturated carbocycles. The number of piperazine rings is 1. The van der Waals surface area contributed by atoms with Crippen LogP contribution in [0, 0.1) is 0 Å². The molecule has 1 aliphatic heterocycles. The molecule has 6 nitrogen and oxygen atoms in total. The van der Waals surface area contributed by atoms with Crippen LogP contribution in [0.3, 0.4) is 0 Å². The van der Waals surface area contributed by atoms with E-state index in [9.17, 15) is 8.42 Å². The van der Waals surface area contributed by atoms with E-state index in [1.54, 1.807) is 10.5 Å². The number of hydrogen-bond acceptors (Lipinski definition) is 5. The van der Waals surface area contributed by atoms with Crippen LogP contribution in [-0.2, 0) is 23.2 Å². The van der Waals surface area contributed by atoms with Gasteiger partial charge in [-0.25, -0.2) is 8.42 Å². The zero-order chi connectivity index (χ0) is 20.5. The van der Waals surface area contributed by atoms with E-state index in [1.165, 1.54) is 5.56 Å². The molecule has 3 rings (SSSR count). The number of sulfonamides is 1. The van der Waals surface area contributed by atoms with Crippen LogP contribution in [0.1, 0.15) is 37.4 Å². The Hall–Kier alpha value is -1.96. The highest BCUT2D eigenvalue weighted by Gasteiger charge is 2.26. The summed E-state index contributed by atoms with van der Waals surface area (Å²) in [6.07, 6.45) is 4.53. The molecule has 0 aliphatic carbocycles. The lowest BCUT2D eigenvalue weighted by Gasteiger charge is -2.34. The van der Waals surface area contributed by atoms with Crippen LogP contribution in [0.5, 0.6) is 5.75 Å². The molecule has 0 amide bonds. The van der Waals surface area contributed by atoms with Crippen LogP contribution in [0.2, 0.25) is 0 Å². The van der Waals surface area contributed by atoms with Crippen molar-refractivity contribution < 1.29 is 13.2 Å². The van der Waals surface area contributed by atoms with Crippen LogP contribution < -0.4 is 4.74 Å². The quantitative estimate of drug-likeness (QED) is 0.555. The topological polar surface area (TPSA) is 62.7 Å². The summed E-state index contributed by atoms with van der Waals surface area (Å²) in [4.78, 5) is 6.56. The predicted octanol–water partition coefficient (Wildman–Crippen LogP) is 3.30. The second-order valence-electron chi connectivity index (χ2n) is 7.45. The van der Waals surface area contributed by atoms with Crippen LogP contribution >= 0.6 is 0 Å². The lowest BCUT2D eigenvalue weighted by atomic mass is 10.2. The molecule has 2 aromatic rings. The van der Waals surface area contributed by atoms with Crippen molar-refractivity contribution in [2.45, 2.75) is 39.3 Å². The average molecular weight is 418 g/mol. The van der Waals surface area contributed by atoms with Gasteiger partial charge < -0.3 is 4.74 Å². The first-order valence-electron chi connectivity index (χ1n) is 10.4. The van der Waals surface area contributed by atoms with Crippen molar-refractivity contribution >= 4 is 10.0 Å². The Balaban J connectivity index is 1.43. The maximum atomic E-state index is 12.4. The molecule has 1 aromatic heterocycles. The highest BCUT2D eigenvalue weighted by atomic mass is 32.2. The molecule has 1 saturated heterocycles. The Morgan fingerprint density at radius 1 is 1.00 bits per heavy atom. The van der Waals surface area contributed by atoms with Crippen molar-refractivity contribution in [1.82, 2.24) is 14.2 Å². The third-order valence-electron chi connectivity index (χ3n) is 5.17. The van der Waals surface area contributed by atoms with Crippen molar-refractivity contribution in [2.24, 2.45) is 0 Å². The van der Waals surface area contributed by atoms with Gasteiger partial charge in [0.25, 0.3) is 0 Å². The minimum atomic E-state index is -3.10. The molecule has 1 aliphatic rings. The molecule has 7 heteroatoms. The Kier molecular flexibility index (Phi) is 8.03. The number of aromatic nitrogens is 1. The fourth-order valence-electron chi connectivity index (χ4n) is 3.42. The molecular formula is C22H31N3O3S. The molecule has 2 heterocycles. The lowest BCUT2D eigenvalue weighted by molar-refractivity contribution is 0.181. The number of rotatable bonds is 10. The molecule has 1 fully saturated rings. The summed E-state index contributed by atoms with van der Waals surface area (Å²) in [5, 5.41) is 0. The summed E-state index contributed by atoms with van der Waals surface area (Å²) < 4.78 is 32.3. The van der Waals surface area contributed by atoms with Gasteiger partial charge in [-0.15, -0.1) is 0 Å². The number of benzene rings is 1. The SMILES string of the molecule is CCCCCS(=O)(=O)N1CCN(Cc2ccc(OCc3ccccn3)cc2)CC1. The summed E-state index contributed by atoms with van der Waals surface area (Å²) >= 11 is 0. The zero-order valence-electron chi connectivity index (χ0n) is 17.2. The van der Waals surface area contributed by atoms with E-state index >= 15 is 0 Å². The normalized spacial score (nSPS) is 16.0. The fraction of sp³-hybridized carbons (Fsp3) is 0.500. The van der Waals surface area contributed by atoms with Crippen molar-refractivity contribution in [3.63, 3.8) is 0 Å². The molecule has 158 valence electrons. The van der Waals surface area contributed by atoms with E-state index in [0.717, 1.165) is 50.3 Å². The van der Waals surface area contributed by atoms with Crippen molar-refractivity contribution in [3.8, 4) is 5.75 Å². The van der Waals surface area contributed by atoms with Gasteiger partial charge >= 0.3 is 0 Å². The van der Waals surface area contributed by atoms with Gasteiger partial charge in [0, 0.05) is 38.9 Å². The summed E-state index contributed by atoms with van der Waals surface area (Å²) in [6, 6.07) is 13.9. The van der Waals surface area contributed by atoms with E-state index in [2.05, 4.69) is 28.9 Å². The second-order valence-corrected chi connectivity index (χ2v) is 9.54. The zero-order valence-corrected chi connectivity index (χ0v) is 18.0. The van der Waals surface area contributed by atoms with E-state index in [-0.39, 0.29) is 5.75 Å². The Morgan fingerprint density at radius 2 is 1.76 bits per heavy atom. The standard InChI is InChI=1S/C22H31N3O3S/c1-2-3-6-17-29(26,27)25-15-13-24(14-16-25)18-20-8-10-22(11-9-20)28-19-21-7-4-5-12-23-21/h4-5,7-12H,2-3,6,13-19H2,1H3.